The number of hydrogen-bond acceptors (Lipinski definition) is 6. The second-order valence-corrected chi connectivity index (χ2v) is 4.28. The van der Waals surface area contributed by atoms with Gasteiger partial charge in [0.05, 0.1) is 25.4 Å². The third kappa shape index (κ3) is 2.84. The molecule has 4 atom stereocenters. The van der Waals surface area contributed by atoms with Gasteiger partial charge in [-0.15, -0.1) is 0 Å². The van der Waals surface area contributed by atoms with Crippen LogP contribution < -0.4 is 0 Å². The summed E-state index contributed by atoms with van der Waals surface area (Å²) in [5.41, 5.74) is 0. The second kappa shape index (κ2) is 5.47. The lowest BCUT2D eigenvalue weighted by Crippen LogP contribution is -2.46. The number of amidine groups is 1. The molecule has 0 saturated carbocycles. The predicted molar refractivity (Wildman–Crippen MR) is 59.1 cm³/mol. The maximum Gasteiger partial charge on any atom is 0.287 e. The van der Waals surface area contributed by atoms with Crippen LogP contribution in [0.25, 0.3) is 0 Å². The minimum atomic E-state index is -1.02. The number of nitrogens with zero attached hydrogens (tertiary/aromatic N) is 2. The van der Waals surface area contributed by atoms with Gasteiger partial charge in [-0.2, -0.15) is 0 Å². The van der Waals surface area contributed by atoms with Crippen LogP contribution in [0.2, 0.25) is 0 Å². The van der Waals surface area contributed by atoms with E-state index in [1.807, 2.05) is 0 Å². The maximum absolute atomic E-state index is 9.81. The van der Waals surface area contributed by atoms with Gasteiger partial charge in [0.2, 0.25) is 0 Å². The molecule has 3 N–H and O–H groups in total. The second-order valence-electron chi connectivity index (χ2n) is 4.28. The van der Waals surface area contributed by atoms with Crippen molar-refractivity contribution in [1.82, 2.24) is 4.90 Å². The van der Waals surface area contributed by atoms with Gasteiger partial charge in [0.25, 0.3) is 6.02 Å². The zero-order valence-corrected chi connectivity index (χ0v) is 9.87. The van der Waals surface area contributed by atoms with E-state index in [1.165, 1.54) is 0 Å². The molecule has 0 aromatic heterocycles. The zero-order chi connectivity index (χ0) is 12.3. The van der Waals surface area contributed by atoms with Gasteiger partial charge in [-0.3, -0.25) is 0 Å². The lowest BCUT2D eigenvalue weighted by molar-refractivity contribution is -0.0598. The highest BCUT2D eigenvalue weighted by molar-refractivity contribution is 5.73. The molecule has 0 bridgehead atoms. The van der Waals surface area contributed by atoms with Gasteiger partial charge < -0.3 is 25.0 Å². The van der Waals surface area contributed by atoms with Crippen LogP contribution in [0.1, 0.15) is 6.92 Å². The first kappa shape index (κ1) is 13.2. The van der Waals surface area contributed by atoms with E-state index in [0.717, 1.165) is 0 Å². The van der Waals surface area contributed by atoms with Crippen LogP contribution in [0.3, 0.4) is 0 Å². The summed E-state index contributed by atoms with van der Waals surface area (Å²) in [4.78, 5) is 5.85. The highest BCUT2D eigenvalue weighted by Gasteiger charge is 2.33. The monoisotopic (exact) mass is 232 g/mol. The Balaban J connectivity index is 2.88. The van der Waals surface area contributed by atoms with Gasteiger partial charge in [-0.25, -0.2) is 4.99 Å². The summed E-state index contributed by atoms with van der Waals surface area (Å²) in [5, 5.41) is 28.7. The molecule has 6 nitrogen and oxygen atoms in total. The molecular formula is C10H20N2O4. The summed E-state index contributed by atoms with van der Waals surface area (Å²) in [6.45, 7) is 1.60. The third-order valence-electron chi connectivity index (χ3n) is 2.68. The van der Waals surface area contributed by atoms with Crippen molar-refractivity contribution >= 4 is 6.02 Å². The van der Waals surface area contributed by atoms with Crippen LogP contribution in [0.5, 0.6) is 0 Å². The van der Waals surface area contributed by atoms with E-state index < -0.39 is 24.2 Å². The van der Waals surface area contributed by atoms with E-state index in [-0.39, 0.29) is 13.2 Å². The van der Waals surface area contributed by atoms with E-state index in [9.17, 15) is 10.2 Å². The third-order valence-corrected chi connectivity index (χ3v) is 2.68. The Morgan fingerprint density at radius 1 is 1.38 bits per heavy atom. The molecule has 0 aliphatic carbocycles. The first-order chi connectivity index (χ1) is 7.47. The molecule has 94 valence electrons. The van der Waals surface area contributed by atoms with Crippen molar-refractivity contribution in [2.45, 2.75) is 25.2 Å². The number of aliphatic hydroxyl groups is 3. The molecule has 0 radical (unpaired) electrons. The molecule has 0 aromatic carbocycles. The van der Waals surface area contributed by atoms with Crippen molar-refractivity contribution in [3.63, 3.8) is 0 Å². The largest absolute Gasteiger partial charge is 0.465 e. The van der Waals surface area contributed by atoms with Crippen LogP contribution in [-0.4, -0.2) is 71.8 Å². The van der Waals surface area contributed by atoms with E-state index in [4.69, 9.17) is 9.84 Å². The molecule has 0 spiro atoms. The normalized spacial score (nSPS) is 39.0. The van der Waals surface area contributed by atoms with Gasteiger partial charge in [0.15, 0.2) is 0 Å². The zero-order valence-electron chi connectivity index (χ0n) is 9.87. The number of hydrogen-bond donors (Lipinski definition) is 3. The first-order valence-corrected chi connectivity index (χ1v) is 5.32. The number of aliphatic hydroxyl groups excluding tert-OH is 3. The fourth-order valence-corrected chi connectivity index (χ4v) is 1.54. The predicted octanol–water partition coefficient (Wildman–Crippen LogP) is -1.35. The Morgan fingerprint density at radius 2 is 2.00 bits per heavy atom. The van der Waals surface area contributed by atoms with Crippen molar-refractivity contribution in [3.05, 3.63) is 0 Å². The molecule has 0 fully saturated rings. The van der Waals surface area contributed by atoms with Gasteiger partial charge in [0, 0.05) is 20.0 Å². The number of rotatable bonds is 1. The van der Waals surface area contributed by atoms with Crippen molar-refractivity contribution in [2.24, 2.45) is 10.9 Å². The van der Waals surface area contributed by atoms with Crippen LogP contribution in [-0.2, 0) is 4.74 Å². The van der Waals surface area contributed by atoms with Crippen molar-refractivity contribution in [3.8, 4) is 0 Å². The molecule has 16 heavy (non-hydrogen) atoms. The van der Waals surface area contributed by atoms with Crippen LogP contribution in [0, 0.1) is 5.92 Å². The highest BCUT2D eigenvalue weighted by Crippen LogP contribution is 2.16. The molecule has 6 heteroatoms. The van der Waals surface area contributed by atoms with Crippen molar-refractivity contribution in [1.29, 1.82) is 0 Å². The Labute approximate surface area is 95.2 Å². The molecule has 1 aliphatic rings. The van der Waals surface area contributed by atoms with Crippen molar-refractivity contribution in [2.75, 3.05) is 27.3 Å². The quantitative estimate of drug-likeness (QED) is 0.520. The smallest absolute Gasteiger partial charge is 0.287 e. The molecule has 0 aromatic rings. The molecular weight excluding hydrogens is 212 g/mol. The topological polar surface area (TPSA) is 85.5 Å². The van der Waals surface area contributed by atoms with E-state index in [2.05, 4.69) is 4.99 Å². The van der Waals surface area contributed by atoms with Gasteiger partial charge in [-0.1, -0.05) is 0 Å². The lowest BCUT2D eigenvalue weighted by Gasteiger charge is -2.31. The Morgan fingerprint density at radius 3 is 2.50 bits per heavy atom. The summed E-state index contributed by atoms with van der Waals surface area (Å²) < 4.78 is 5.38. The fourth-order valence-electron chi connectivity index (χ4n) is 1.54. The standard InChI is InChI=1S/C10H20N2O4/c1-6-8(14)9(15)7(4-13)5-16-10(11-6)12(2)3/h6-9,13-15H,4-5H2,1-3H3/b11-10-/t6?,7-,8+,9+/m0/s1. The SMILES string of the molecule is CC1/N=C(/N(C)C)OC[C@H](CO)[C@@H](O)[C@@H]1O. The van der Waals surface area contributed by atoms with E-state index >= 15 is 0 Å². The molecule has 1 rings (SSSR count). The Bertz CT molecular complexity index is 257. The average molecular weight is 232 g/mol. The van der Waals surface area contributed by atoms with Crippen LogP contribution in [0.15, 0.2) is 4.99 Å². The summed E-state index contributed by atoms with van der Waals surface area (Å²) in [5.74, 6) is -0.497. The summed E-state index contributed by atoms with van der Waals surface area (Å²) >= 11 is 0. The minimum Gasteiger partial charge on any atom is -0.465 e. The Kier molecular flexibility index (Phi) is 4.52. The first-order valence-electron chi connectivity index (χ1n) is 5.32. The molecule has 0 amide bonds. The number of aliphatic imine (C=N–C) groups is 1. The van der Waals surface area contributed by atoms with Gasteiger partial charge in [0.1, 0.15) is 6.10 Å². The summed E-state index contributed by atoms with van der Waals surface area (Å²) in [6.07, 6.45) is -2.01. The number of ether oxygens (including phenoxy) is 1. The minimum absolute atomic E-state index is 0.137. The summed E-state index contributed by atoms with van der Waals surface area (Å²) in [6, 6.07) is -0.0707. The molecule has 1 unspecified atom stereocenters. The molecule has 1 aliphatic heterocycles. The fraction of sp³-hybridized carbons (Fsp3) is 0.900. The van der Waals surface area contributed by atoms with E-state index in [1.54, 1.807) is 25.9 Å². The maximum atomic E-state index is 9.81. The highest BCUT2D eigenvalue weighted by atomic mass is 16.5. The Hall–Kier alpha value is -0.850. The van der Waals surface area contributed by atoms with Gasteiger partial charge in [-0.05, 0) is 6.92 Å². The van der Waals surface area contributed by atoms with Crippen molar-refractivity contribution < 1.29 is 20.1 Å². The van der Waals surface area contributed by atoms with Crippen LogP contribution in [0.4, 0.5) is 0 Å². The summed E-state index contributed by atoms with van der Waals surface area (Å²) in [7, 11) is 3.56. The van der Waals surface area contributed by atoms with E-state index in [0.29, 0.717) is 6.02 Å². The lowest BCUT2D eigenvalue weighted by atomic mass is 9.95. The van der Waals surface area contributed by atoms with Gasteiger partial charge >= 0.3 is 0 Å². The molecule has 0 saturated heterocycles. The van der Waals surface area contributed by atoms with Crippen LogP contribution >= 0.6 is 0 Å². The average Bonchev–Trinajstić information content (AvgIpc) is 2.24. The molecule has 1 heterocycles.